The third kappa shape index (κ3) is 4.92. The van der Waals surface area contributed by atoms with Gasteiger partial charge >= 0.3 is 0 Å². The van der Waals surface area contributed by atoms with Gasteiger partial charge in [0.2, 0.25) is 5.91 Å². The lowest BCUT2D eigenvalue weighted by molar-refractivity contribution is -0.115. The summed E-state index contributed by atoms with van der Waals surface area (Å²) >= 11 is 13.5. The molecule has 1 atom stereocenters. The largest absolute Gasteiger partial charge is 0.467 e. The van der Waals surface area contributed by atoms with Crippen LogP contribution < -0.4 is 5.32 Å². The number of amides is 1. The molecule has 0 aliphatic carbocycles. The number of benzene rings is 1. The monoisotopic (exact) mass is 473 g/mol. The first-order valence-corrected chi connectivity index (χ1v) is 10.9. The molecule has 1 aromatic carbocycles. The van der Waals surface area contributed by atoms with Gasteiger partial charge in [-0.25, -0.2) is 0 Å². The number of thioether (sulfide) groups is 1. The van der Waals surface area contributed by atoms with E-state index in [1.807, 2.05) is 28.8 Å². The van der Waals surface area contributed by atoms with E-state index in [2.05, 4.69) is 20.5 Å². The lowest BCUT2D eigenvalue weighted by Gasteiger charge is -2.14. The summed E-state index contributed by atoms with van der Waals surface area (Å²) < 4.78 is 7.40. The lowest BCUT2D eigenvalue weighted by Crippen LogP contribution is -2.23. The fraction of sp³-hybridized carbons (Fsp3) is 0.143. The highest BCUT2D eigenvalue weighted by Crippen LogP contribution is 2.31. The van der Waals surface area contributed by atoms with Crippen molar-refractivity contribution in [2.45, 2.75) is 23.9 Å². The molecule has 0 radical (unpaired) electrons. The number of furan rings is 1. The molecule has 0 aliphatic heterocycles. The molecule has 0 spiro atoms. The van der Waals surface area contributed by atoms with Crippen LogP contribution in [0.1, 0.15) is 12.7 Å². The SMILES string of the molecule is CC(Sc1nnc(-c2cccnc2)n1Cc1ccco1)C(=O)Nc1cccc(Cl)c1Cl. The number of halogens is 2. The summed E-state index contributed by atoms with van der Waals surface area (Å²) in [5.74, 6) is 1.15. The van der Waals surface area contributed by atoms with Crippen LogP contribution in [0.4, 0.5) is 5.69 Å². The van der Waals surface area contributed by atoms with Crippen molar-refractivity contribution in [1.82, 2.24) is 19.7 Å². The minimum Gasteiger partial charge on any atom is -0.467 e. The average molecular weight is 474 g/mol. The van der Waals surface area contributed by atoms with Crippen LogP contribution in [0, 0.1) is 0 Å². The molecule has 31 heavy (non-hydrogen) atoms. The van der Waals surface area contributed by atoms with Crippen molar-refractivity contribution in [3.8, 4) is 11.4 Å². The first kappa shape index (κ1) is 21.4. The van der Waals surface area contributed by atoms with Crippen molar-refractivity contribution in [2.24, 2.45) is 0 Å². The summed E-state index contributed by atoms with van der Waals surface area (Å²) in [5.41, 5.74) is 1.27. The average Bonchev–Trinajstić information content (AvgIpc) is 3.43. The van der Waals surface area contributed by atoms with E-state index in [1.165, 1.54) is 11.8 Å². The van der Waals surface area contributed by atoms with E-state index >= 15 is 0 Å². The maximum Gasteiger partial charge on any atom is 0.237 e. The molecule has 0 saturated carbocycles. The number of rotatable bonds is 7. The van der Waals surface area contributed by atoms with Crippen molar-refractivity contribution in [3.05, 3.63) is 76.9 Å². The second-order valence-electron chi connectivity index (χ2n) is 6.56. The quantitative estimate of drug-likeness (QED) is 0.361. The predicted octanol–water partition coefficient (Wildman–Crippen LogP) is 5.41. The van der Waals surface area contributed by atoms with Crippen LogP contribution >= 0.6 is 35.0 Å². The zero-order chi connectivity index (χ0) is 21.8. The zero-order valence-corrected chi connectivity index (χ0v) is 18.7. The third-order valence-electron chi connectivity index (χ3n) is 4.39. The minimum atomic E-state index is -0.476. The van der Waals surface area contributed by atoms with Crippen molar-refractivity contribution in [3.63, 3.8) is 0 Å². The van der Waals surface area contributed by atoms with Crippen LogP contribution in [0.5, 0.6) is 0 Å². The molecule has 0 bridgehead atoms. The first-order valence-electron chi connectivity index (χ1n) is 9.30. The molecule has 3 heterocycles. The van der Waals surface area contributed by atoms with E-state index in [-0.39, 0.29) is 5.91 Å². The number of nitrogens with one attached hydrogen (secondary N) is 1. The molecule has 1 unspecified atom stereocenters. The number of carbonyl (C=O) groups excluding carboxylic acids is 1. The molecular weight excluding hydrogens is 457 g/mol. The van der Waals surface area contributed by atoms with Crippen LogP contribution in [0.15, 0.2) is 70.7 Å². The number of pyridine rings is 1. The summed E-state index contributed by atoms with van der Waals surface area (Å²) in [6.07, 6.45) is 5.02. The number of hydrogen-bond acceptors (Lipinski definition) is 6. The molecule has 1 amide bonds. The molecular formula is C21H17Cl2N5O2S. The van der Waals surface area contributed by atoms with Gasteiger partial charge in [0.1, 0.15) is 5.76 Å². The van der Waals surface area contributed by atoms with Crippen LogP contribution in [0.25, 0.3) is 11.4 Å². The summed E-state index contributed by atoms with van der Waals surface area (Å²) in [6.45, 7) is 2.20. The van der Waals surface area contributed by atoms with E-state index in [0.717, 1.165) is 11.3 Å². The van der Waals surface area contributed by atoms with Gasteiger partial charge in [0.25, 0.3) is 0 Å². The molecule has 4 rings (SSSR count). The topological polar surface area (TPSA) is 85.8 Å². The second kappa shape index (κ2) is 9.55. The molecule has 1 N–H and O–H groups in total. The number of aromatic nitrogens is 4. The van der Waals surface area contributed by atoms with E-state index in [1.54, 1.807) is 43.8 Å². The van der Waals surface area contributed by atoms with Gasteiger partial charge in [0.05, 0.1) is 33.8 Å². The number of nitrogens with zero attached hydrogens (tertiary/aromatic N) is 4. The standard InChI is InChI=1S/C21H17Cl2N5O2S/c1-13(20(29)25-17-8-2-7-16(22)18(17)23)31-21-27-26-19(14-5-3-9-24-11-14)28(21)12-15-6-4-10-30-15/h2-11,13H,12H2,1H3,(H,25,29). The summed E-state index contributed by atoms with van der Waals surface area (Å²) in [7, 11) is 0. The smallest absolute Gasteiger partial charge is 0.237 e. The van der Waals surface area contributed by atoms with Crippen molar-refractivity contribution in [1.29, 1.82) is 0 Å². The highest BCUT2D eigenvalue weighted by Gasteiger charge is 2.22. The number of hydrogen-bond donors (Lipinski definition) is 1. The third-order valence-corrected chi connectivity index (χ3v) is 6.29. The van der Waals surface area contributed by atoms with Gasteiger partial charge in [0, 0.05) is 18.0 Å². The number of anilines is 1. The van der Waals surface area contributed by atoms with Gasteiger partial charge < -0.3 is 9.73 Å². The predicted molar refractivity (Wildman–Crippen MR) is 121 cm³/mol. The highest BCUT2D eigenvalue weighted by atomic mass is 35.5. The van der Waals surface area contributed by atoms with E-state index in [4.69, 9.17) is 27.6 Å². The van der Waals surface area contributed by atoms with Crippen LogP contribution in [0.2, 0.25) is 10.0 Å². The summed E-state index contributed by atoms with van der Waals surface area (Å²) in [4.78, 5) is 16.9. The highest BCUT2D eigenvalue weighted by molar-refractivity contribution is 8.00. The van der Waals surface area contributed by atoms with Gasteiger partial charge in [-0.15, -0.1) is 10.2 Å². The molecule has 4 aromatic rings. The van der Waals surface area contributed by atoms with Gasteiger partial charge in [0.15, 0.2) is 11.0 Å². The van der Waals surface area contributed by atoms with Crippen molar-refractivity contribution in [2.75, 3.05) is 5.32 Å². The number of carbonyl (C=O) groups is 1. The van der Waals surface area contributed by atoms with Gasteiger partial charge in [-0.05, 0) is 43.3 Å². The van der Waals surface area contributed by atoms with Crippen LogP contribution in [-0.2, 0) is 11.3 Å². The lowest BCUT2D eigenvalue weighted by atomic mass is 10.2. The van der Waals surface area contributed by atoms with Gasteiger partial charge in [-0.2, -0.15) is 0 Å². The normalized spacial score (nSPS) is 12.0. The molecule has 0 saturated heterocycles. The zero-order valence-electron chi connectivity index (χ0n) is 16.3. The Balaban J connectivity index is 1.58. The molecule has 7 nitrogen and oxygen atoms in total. The minimum absolute atomic E-state index is 0.232. The summed E-state index contributed by atoms with van der Waals surface area (Å²) in [6, 6.07) is 12.5. The maximum absolute atomic E-state index is 12.8. The Morgan fingerprint density at radius 3 is 2.81 bits per heavy atom. The Labute approximate surface area is 192 Å². The first-order chi connectivity index (χ1) is 15.0. The van der Waals surface area contributed by atoms with Crippen molar-refractivity contribution < 1.29 is 9.21 Å². The van der Waals surface area contributed by atoms with Crippen LogP contribution in [0.3, 0.4) is 0 Å². The van der Waals surface area contributed by atoms with E-state index < -0.39 is 5.25 Å². The maximum atomic E-state index is 12.8. The molecule has 3 aromatic heterocycles. The van der Waals surface area contributed by atoms with E-state index in [0.29, 0.717) is 33.3 Å². The fourth-order valence-corrected chi connectivity index (χ4v) is 4.03. The van der Waals surface area contributed by atoms with Gasteiger partial charge in [-0.3, -0.25) is 14.3 Å². The van der Waals surface area contributed by atoms with Crippen molar-refractivity contribution >= 4 is 46.6 Å². The van der Waals surface area contributed by atoms with Gasteiger partial charge in [-0.1, -0.05) is 41.0 Å². The Morgan fingerprint density at radius 1 is 1.19 bits per heavy atom. The molecule has 158 valence electrons. The molecule has 0 fully saturated rings. The second-order valence-corrected chi connectivity index (χ2v) is 8.66. The Bertz CT molecular complexity index is 1180. The molecule has 10 heteroatoms. The Morgan fingerprint density at radius 2 is 2.06 bits per heavy atom. The fourth-order valence-electron chi connectivity index (χ4n) is 2.83. The Kier molecular flexibility index (Phi) is 6.60. The summed E-state index contributed by atoms with van der Waals surface area (Å²) in [5, 5.41) is 12.2. The molecule has 0 aliphatic rings. The van der Waals surface area contributed by atoms with E-state index in [9.17, 15) is 4.79 Å². The Hall–Kier alpha value is -2.81. The van der Waals surface area contributed by atoms with Crippen LogP contribution in [-0.4, -0.2) is 30.9 Å².